The van der Waals surface area contributed by atoms with Crippen LogP contribution in [0.25, 0.3) is 11.3 Å². The molecule has 0 atom stereocenters. The minimum atomic E-state index is 0.575. The molecule has 1 aromatic carbocycles. The Balaban J connectivity index is 1.75. The zero-order valence-electron chi connectivity index (χ0n) is 17.2. The summed E-state index contributed by atoms with van der Waals surface area (Å²) in [6.45, 7) is 11.7. The van der Waals surface area contributed by atoms with Crippen molar-refractivity contribution < 1.29 is 0 Å². The highest BCUT2D eigenvalue weighted by Crippen LogP contribution is 2.21. The highest BCUT2D eigenvalue weighted by Gasteiger charge is 2.12. The van der Waals surface area contributed by atoms with Crippen molar-refractivity contribution in [2.45, 2.75) is 52.7 Å². The lowest BCUT2D eigenvalue weighted by atomic mass is 10.2. The van der Waals surface area contributed by atoms with E-state index >= 15 is 0 Å². The van der Waals surface area contributed by atoms with E-state index in [9.17, 15) is 0 Å². The van der Waals surface area contributed by atoms with Crippen molar-refractivity contribution in [2.75, 3.05) is 20.1 Å². The van der Waals surface area contributed by atoms with Crippen LogP contribution >= 0.6 is 11.3 Å². The maximum absolute atomic E-state index is 4.71. The number of aliphatic imine (C=N–C) groups is 1. The van der Waals surface area contributed by atoms with Gasteiger partial charge in [0.1, 0.15) is 5.01 Å². The van der Waals surface area contributed by atoms with Crippen molar-refractivity contribution in [3.05, 3.63) is 40.7 Å². The van der Waals surface area contributed by atoms with Crippen molar-refractivity contribution in [1.82, 2.24) is 20.5 Å². The number of hydrogen-bond acceptors (Lipinski definition) is 4. The van der Waals surface area contributed by atoms with E-state index in [1.807, 2.05) is 18.2 Å². The second-order valence-corrected chi connectivity index (χ2v) is 8.07. The molecule has 0 aliphatic heterocycles. The Morgan fingerprint density at radius 3 is 2.44 bits per heavy atom. The number of nitrogens with one attached hydrogen (secondary N) is 2. The molecule has 1 heterocycles. The zero-order chi connectivity index (χ0) is 19.6. The van der Waals surface area contributed by atoms with E-state index in [0.717, 1.165) is 41.7 Å². The van der Waals surface area contributed by atoms with Gasteiger partial charge < -0.3 is 10.6 Å². The third kappa shape index (κ3) is 6.96. The molecule has 27 heavy (non-hydrogen) atoms. The Morgan fingerprint density at radius 2 is 1.81 bits per heavy atom. The van der Waals surface area contributed by atoms with Crippen LogP contribution in [0.2, 0.25) is 0 Å². The van der Waals surface area contributed by atoms with Crippen LogP contribution in [0.1, 0.15) is 39.1 Å². The van der Waals surface area contributed by atoms with E-state index in [-0.39, 0.29) is 0 Å². The molecular weight excluding hydrogens is 354 g/mol. The van der Waals surface area contributed by atoms with Gasteiger partial charge in [0.05, 0.1) is 12.2 Å². The Bertz CT molecular complexity index is 686. The Labute approximate surface area is 167 Å². The van der Waals surface area contributed by atoms with Gasteiger partial charge in [-0.1, -0.05) is 30.3 Å². The van der Waals surface area contributed by atoms with Crippen molar-refractivity contribution in [3.63, 3.8) is 0 Å². The number of hydrogen-bond donors (Lipinski definition) is 2. The molecule has 0 radical (unpaired) electrons. The molecule has 6 heteroatoms. The predicted octanol–water partition coefficient (Wildman–Crippen LogP) is 3.98. The predicted molar refractivity (Wildman–Crippen MR) is 117 cm³/mol. The number of guanidine groups is 1. The molecule has 5 nitrogen and oxygen atoms in total. The van der Waals surface area contributed by atoms with Gasteiger partial charge in [-0.3, -0.25) is 9.89 Å². The topological polar surface area (TPSA) is 52.6 Å². The van der Waals surface area contributed by atoms with Gasteiger partial charge in [-0.05, 0) is 34.1 Å². The highest BCUT2D eigenvalue weighted by atomic mass is 32.1. The van der Waals surface area contributed by atoms with Gasteiger partial charge >= 0.3 is 0 Å². The van der Waals surface area contributed by atoms with Crippen LogP contribution in [-0.4, -0.2) is 48.1 Å². The number of aromatic nitrogens is 1. The van der Waals surface area contributed by atoms with Crippen LogP contribution in [0.3, 0.4) is 0 Å². The molecule has 0 fully saturated rings. The second kappa shape index (κ2) is 11.0. The fourth-order valence-electron chi connectivity index (χ4n) is 3.09. The average molecular weight is 388 g/mol. The smallest absolute Gasteiger partial charge is 0.191 e. The summed E-state index contributed by atoms with van der Waals surface area (Å²) in [4.78, 5) is 11.5. The van der Waals surface area contributed by atoms with Gasteiger partial charge in [0, 0.05) is 43.2 Å². The number of rotatable bonds is 9. The summed E-state index contributed by atoms with van der Waals surface area (Å²) in [5.74, 6) is 0.826. The summed E-state index contributed by atoms with van der Waals surface area (Å²) in [6, 6.07) is 11.4. The van der Waals surface area contributed by atoms with E-state index in [1.165, 1.54) is 0 Å². The van der Waals surface area contributed by atoms with Gasteiger partial charge in [0.2, 0.25) is 0 Å². The number of thiazole rings is 1. The summed E-state index contributed by atoms with van der Waals surface area (Å²) in [5.41, 5.74) is 2.19. The fourth-order valence-corrected chi connectivity index (χ4v) is 3.84. The van der Waals surface area contributed by atoms with Gasteiger partial charge in [-0.25, -0.2) is 4.98 Å². The zero-order valence-corrected chi connectivity index (χ0v) is 18.0. The first-order valence-corrected chi connectivity index (χ1v) is 10.6. The van der Waals surface area contributed by atoms with Gasteiger partial charge in [-0.2, -0.15) is 0 Å². The molecule has 1 aromatic heterocycles. The monoisotopic (exact) mass is 387 g/mol. The summed E-state index contributed by atoms with van der Waals surface area (Å²) >= 11 is 1.67. The summed E-state index contributed by atoms with van der Waals surface area (Å²) in [5, 5.41) is 9.92. The first-order chi connectivity index (χ1) is 13.0. The average Bonchev–Trinajstić information content (AvgIpc) is 3.13. The lowest BCUT2D eigenvalue weighted by molar-refractivity contribution is 0.173. The molecule has 2 N–H and O–H groups in total. The molecule has 0 spiro atoms. The molecule has 0 unspecified atom stereocenters. The standard InChI is InChI=1S/C21H33N5S/c1-16(2)26(17(3)4)13-9-12-23-21(22-5)24-14-20-25-19(15-27-20)18-10-7-6-8-11-18/h6-8,10-11,15-17H,9,12-14H2,1-5H3,(H2,22,23,24). The van der Waals surface area contributed by atoms with E-state index < -0.39 is 0 Å². The maximum atomic E-state index is 4.71. The summed E-state index contributed by atoms with van der Waals surface area (Å²) < 4.78 is 0. The molecular formula is C21H33N5S. The minimum Gasteiger partial charge on any atom is -0.356 e. The Kier molecular flexibility index (Phi) is 8.75. The molecule has 0 saturated carbocycles. The first-order valence-electron chi connectivity index (χ1n) is 9.71. The second-order valence-electron chi connectivity index (χ2n) is 7.12. The van der Waals surface area contributed by atoms with Gasteiger partial charge in [0.15, 0.2) is 5.96 Å². The van der Waals surface area contributed by atoms with E-state index in [1.54, 1.807) is 18.4 Å². The fraction of sp³-hybridized carbons (Fsp3) is 0.524. The van der Waals surface area contributed by atoms with Crippen molar-refractivity contribution in [1.29, 1.82) is 0 Å². The van der Waals surface area contributed by atoms with E-state index in [2.05, 4.69) is 65.7 Å². The summed E-state index contributed by atoms with van der Waals surface area (Å²) in [7, 11) is 1.81. The van der Waals surface area contributed by atoms with Crippen molar-refractivity contribution >= 4 is 17.3 Å². The quantitative estimate of drug-likeness (QED) is 0.388. The molecule has 0 bridgehead atoms. The first kappa shape index (κ1) is 21.4. The largest absolute Gasteiger partial charge is 0.356 e. The molecule has 0 saturated heterocycles. The number of benzene rings is 1. The minimum absolute atomic E-state index is 0.575. The molecule has 0 aliphatic carbocycles. The van der Waals surface area contributed by atoms with E-state index in [4.69, 9.17) is 4.98 Å². The van der Waals surface area contributed by atoms with Crippen molar-refractivity contribution in [2.24, 2.45) is 4.99 Å². The third-order valence-corrected chi connectivity index (χ3v) is 5.31. The van der Waals surface area contributed by atoms with Crippen LogP contribution in [0, 0.1) is 0 Å². The van der Waals surface area contributed by atoms with Crippen LogP contribution in [0.5, 0.6) is 0 Å². The number of nitrogens with zero attached hydrogens (tertiary/aromatic N) is 3. The molecule has 2 aromatic rings. The Hall–Kier alpha value is -1.92. The SMILES string of the molecule is CN=C(NCCCN(C(C)C)C(C)C)NCc1nc(-c2ccccc2)cs1. The third-order valence-electron chi connectivity index (χ3n) is 4.46. The van der Waals surface area contributed by atoms with Crippen molar-refractivity contribution in [3.8, 4) is 11.3 Å². The van der Waals surface area contributed by atoms with Gasteiger partial charge in [-0.15, -0.1) is 11.3 Å². The molecule has 2 rings (SSSR count). The van der Waals surface area contributed by atoms with Crippen LogP contribution < -0.4 is 10.6 Å². The molecule has 0 amide bonds. The van der Waals surface area contributed by atoms with Crippen LogP contribution in [0.15, 0.2) is 40.7 Å². The lowest BCUT2D eigenvalue weighted by Crippen LogP contribution is -2.41. The highest BCUT2D eigenvalue weighted by molar-refractivity contribution is 7.09. The van der Waals surface area contributed by atoms with Gasteiger partial charge in [0.25, 0.3) is 0 Å². The van der Waals surface area contributed by atoms with Crippen LogP contribution in [-0.2, 0) is 6.54 Å². The van der Waals surface area contributed by atoms with Crippen LogP contribution in [0.4, 0.5) is 0 Å². The van der Waals surface area contributed by atoms with E-state index in [0.29, 0.717) is 18.6 Å². The molecule has 148 valence electrons. The lowest BCUT2D eigenvalue weighted by Gasteiger charge is -2.30. The Morgan fingerprint density at radius 1 is 1.11 bits per heavy atom. The normalized spacial score (nSPS) is 12.2. The molecule has 0 aliphatic rings. The summed E-state index contributed by atoms with van der Waals surface area (Å²) in [6.07, 6.45) is 1.09. The maximum Gasteiger partial charge on any atom is 0.191 e.